The van der Waals surface area contributed by atoms with Crippen molar-refractivity contribution >= 4 is 13.3 Å². The molecule has 1 atom stereocenters. The van der Waals surface area contributed by atoms with Gasteiger partial charge in [0.15, 0.2) is 0 Å². The Kier molecular flexibility index (Phi) is 6.12. The number of aromatic nitrogens is 2. The van der Waals surface area contributed by atoms with E-state index in [0.717, 1.165) is 5.46 Å². The number of hydrogen-bond donors (Lipinski definition) is 2. The molecule has 1 saturated carbocycles. The minimum Gasteiger partial charge on any atom is -0.387 e. The van der Waals surface area contributed by atoms with Crippen LogP contribution >= 0.6 is 0 Å². The van der Waals surface area contributed by atoms with Gasteiger partial charge in [-0.05, 0) is 52.0 Å². The van der Waals surface area contributed by atoms with E-state index < -0.39 is 11.2 Å². The second kappa shape index (κ2) is 7.75. The highest BCUT2D eigenvalue weighted by molar-refractivity contribution is 6.31. The van der Waals surface area contributed by atoms with Gasteiger partial charge in [-0.2, -0.15) is 5.10 Å². The monoisotopic (exact) mass is 340 g/mol. The fourth-order valence-corrected chi connectivity index (χ4v) is 2.55. The van der Waals surface area contributed by atoms with E-state index in [-0.39, 0.29) is 0 Å². The second-order valence-corrected chi connectivity index (χ2v) is 7.92. The summed E-state index contributed by atoms with van der Waals surface area (Å²) in [4.78, 5) is 0. The first kappa shape index (κ1) is 19.7. The normalized spacial score (nSPS) is 16.6. The van der Waals surface area contributed by atoms with Crippen molar-refractivity contribution < 1.29 is 10.2 Å². The first-order valence-electron chi connectivity index (χ1n) is 8.89. The summed E-state index contributed by atoms with van der Waals surface area (Å²) in [5.74, 6) is 0.705. The van der Waals surface area contributed by atoms with Gasteiger partial charge in [-0.15, -0.1) is 0 Å². The van der Waals surface area contributed by atoms with Crippen LogP contribution in [0, 0.1) is 5.92 Å². The van der Waals surface area contributed by atoms with Crippen LogP contribution in [0.3, 0.4) is 0 Å². The highest BCUT2D eigenvalue weighted by Gasteiger charge is 2.32. The maximum atomic E-state index is 9.10. The lowest BCUT2D eigenvalue weighted by Crippen LogP contribution is -2.44. The molecule has 0 aliphatic heterocycles. The number of benzene rings is 1. The van der Waals surface area contributed by atoms with Gasteiger partial charge in [0, 0.05) is 12.4 Å². The van der Waals surface area contributed by atoms with E-state index >= 15 is 0 Å². The van der Waals surface area contributed by atoms with Gasteiger partial charge in [-0.3, -0.25) is 4.68 Å². The average molecular weight is 340 g/mol. The van der Waals surface area contributed by atoms with E-state index in [9.17, 15) is 0 Å². The Morgan fingerprint density at radius 3 is 2.00 bits per heavy atom. The Bertz CT molecular complexity index is 640. The smallest absolute Gasteiger partial charge is 0.118 e. The third-order valence-electron chi connectivity index (χ3n) is 5.14. The Hall–Kier alpha value is -1.59. The van der Waals surface area contributed by atoms with Crippen molar-refractivity contribution in [1.29, 1.82) is 0 Å². The Balaban J connectivity index is 0.000000242. The number of rotatable bonds is 4. The van der Waals surface area contributed by atoms with Gasteiger partial charge in [0.05, 0.1) is 17.2 Å². The molecule has 1 unspecified atom stereocenters. The zero-order valence-corrected chi connectivity index (χ0v) is 15.7. The molecular formula is C20H29BN2O2. The van der Waals surface area contributed by atoms with Gasteiger partial charge < -0.3 is 10.2 Å². The third-order valence-corrected chi connectivity index (χ3v) is 5.14. The van der Waals surface area contributed by atoms with Crippen molar-refractivity contribution in [3.05, 3.63) is 48.3 Å². The number of nitrogens with zero attached hydrogens (tertiary/aromatic N) is 2. The van der Waals surface area contributed by atoms with Gasteiger partial charge in [0.2, 0.25) is 0 Å². The molecule has 2 radical (unpaired) electrons. The Morgan fingerprint density at radius 1 is 1.08 bits per heavy atom. The quantitative estimate of drug-likeness (QED) is 0.841. The lowest BCUT2D eigenvalue weighted by atomic mass is 9.77. The van der Waals surface area contributed by atoms with Crippen LogP contribution in [0.5, 0.6) is 0 Å². The topological polar surface area (TPSA) is 58.3 Å². The standard InChI is InChI=1S/C14H15BN2.C6H14O2/c15-13-9-16-17(10-13)14(12-7-4-8-12)11-5-2-1-3-6-11;1-5(2,7)6(3,4)8/h1-3,5-6,9-10,12,14H,4,7-8H2;7-8H,1-4H3. The van der Waals surface area contributed by atoms with Crippen LogP contribution < -0.4 is 5.46 Å². The van der Waals surface area contributed by atoms with Crippen LogP contribution in [-0.2, 0) is 0 Å². The number of aliphatic hydroxyl groups is 2. The molecule has 134 valence electrons. The molecule has 25 heavy (non-hydrogen) atoms. The minimum atomic E-state index is -1.01. The highest BCUT2D eigenvalue weighted by atomic mass is 16.3. The molecule has 1 aromatic heterocycles. The summed E-state index contributed by atoms with van der Waals surface area (Å²) in [5.41, 5.74) is 0.0607. The lowest BCUT2D eigenvalue weighted by Gasteiger charge is -2.34. The van der Waals surface area contributed by atoms with Gasteiger partial charge in [-0.1, -0.05) is 42.2 Å². The van der Waals surface area contributed by atoms with Crippen LogP contribution in [0.25, 0.3) is 0 Å². The highest BCUT2D eigenvalue weighted by Crippen LogP contribution is 2.39. The largest absolute Gasteiger partial charge is 0.387 e. The lowest BCUT2D eigenvalue weighted by molar-refractivity contribution is -0.107. The third kappa shape index (κ3) is 5.19. The maximum absolute atomic E-state index is 9.10. The van der Waals surface area contributed by atoms with Crippen LogP contribution in [0.4, 0.5) is 0 Å². The van der Waals surface area contributed by atoms with Crippen molar-refractivity contribution in [2.75, 3.05) is 0 Å². The molecule has 1 aliphatic rings. The van der Waals surface area contributed by atoms with E-state index in [1.165, 1.54) is 24.8 Å². The fourth-order valence-electron chi connectivity index (χ4n) is 2.55. The molecule has 1 fully saturated rings. The van der Waals surface area contributed by atoms with Crippen molar-refractivity contribution in [2.45, 2.75) is 64.2 Å². The molecule has 2 aromatic rings. The maximum Gasteiger partial charge on any atom is 0.118 e. The van der Waals surface area contributed by atoms with Gasteiger partial charge in [0.25, 0.3) is 0 Å². The molecule has 4 nitrogen and oxygen atoms in total. The van der Waals surface area contributed by atoms with E-state index in [0.29, 0.717) is 12.0 Å². The molecule has 3 rings (SSSR count). The zero-order chi connectivity index (χ0) is 18.7. The molecule has 0 bridgehead atoms. The van der Waals surface area contributed by atoms with E-state index in [2.05, 4.69) is 35.4 Å². The molecule has 1 aromatic carbocycles. The first-order valence-corrected chi connectivity index (χ1v) is 8.89. The number of hydrogen-bond acceptors (Lipinski definition) is 3. The molecule has 0 amide bonds. The molecule has 0 spiro atoms. The average Bonchev–Trinajstić information content (AvgIpc) is 2.88. The molecule has 1 aliphatic carbocycles. The first-order chi connectivity index (χ1) is 11.6. The van der Waals surface area contributed by atoms with Crippen molar-refractivity contribution in [3.8, 4) is 0 Å². The predicted octanol–water partition coefficient (Wildman–Crippen LogP) is 2.59. The predicted molar refractivity (Wildman–Crippen MR) is 102 cm³/mol. The van der Waals surface area contributed by atoms with Crippen molar-refractivity contribution in [1.82, 2.24) is 9.78 Å². The summed E-state index contributed by atoms with van der Waals surface area (Å²) in [5, 5.41) is 22.6. The summed E-state index contributed by atoms with van der Waals surface area (Å²) in [6.45, 7) is 6.31. The zero-order valence-electron chi connectivity index (χ0n) is 15.7. The Labute approximate surface area is 152 Å². The summed E-state index contributed by atoms with van der Waals surface area (Å²) in [6, 6.07) is 10.9. The van der Waals surface area contributed by atoms with E-state index in [1.807, 2.05) is 10.9 Å². The van der Waals surface area contributed by atoms with Gasteiger partial charge in [-0.25, -0.2) is 0 Å². The Morgan fingerprint density at radius 2 is 1.64 bits per heavy atom. The second-order valence-electron chi connectivity index (χ2n) is 7.92. The van der Waals surface area contributed by atoms with E-state index in [1.54, 1.807) is 33.9 Å². The van der Waals surface area contributed by atoms with Crippen molar-refractivity contribution in [3.63, 3.8) is 0 Å². The molecule has 1 heterocycles. The molecule has 2 N–H and O–H groups in total. The molecule has 5 heteroatoms. The summed E-state index contributed by atoms with van der Waals surface area (Å²) < 4.78 is 2.02. The molecular weight excluding hydrogens is 311 g/mol. The van der Waals surface area contributed by atoms with Gasteiger partial charge >= 0.3 is 0 Å². The summed E-state index contributed by atoms with van der Waals surface area (Å²) >= 11 is 0. The summed E-state index contributed by atoms with van der Waals surface area (Å²) in [6.07, 6.45) is 7.59. The SMILES string of the molecule is CC(C)(O)C(C)(C)O.[B]c1cnn(C(c2ccccc2)C2CCC2)c1. The van der Waals surface area contributed by atoms with E-state index in [4.69, 9.17) is 18.1 Å². The van der Waals surface area contributed by atoms with Crippen LogP contribution in [0.15, 0.2) is 42.7 Å². The van der Waals surface area contributed by atoms with Crippen LogP contribution in [0.2, 0.25) is 0 Å². The molecule has 0 saturated heterocycles. The van der Waals surface area contributed by atoms with Crippen LogP contribution in [0.1, 0.15) is 58.6 Å². The van der Waals surface area contributed by atoms with Crippen LogP contribution in [-0.4, -0.2) is 39.0 Å². The van der Waals surface area contributed by atoms with Crippen molar-refractivity contribution in [2.24, 2.45) is 5.92 Å². The van der Waals surface area contributed by atoms with Gasteiger partial charge in [0.1, 0.15) is 7.85 Å². The minimum absolute atomic E-state index is 0.349. The summed E-state index contributed by atoms with van der Waals surface area (Å²) in [7, 11) is 5.77. The fraction of sp³-hybridized carbons (Fsp3) is 0.550.